The lowest BCUT2D eigenvalue weighted by atomic mass is 10.0. The maximum absolute atomic E-state index is 14.2. The van der Waals surface area contributed by atoms with Gasteiger partial charge in [-0.3, -0.25) is 13.9 Å². The van der Waals surface area contributed by atoms with Gasteiger partial charge in [0.25, 0.3) is 0 Å². The van der Waals surface area contributed by atoms with Crippen LogP contribution in [0.3, 0.4) is 0 Å². The molecular weight excluding hydrogens is 682 g/mol. The number of fused-ring (bicyclic) bond motifs is 2. The van der Waals surface area contributed by atoms with Gasteiger partial charge in [0.1, 0.15) is 29.0 Å². The van der Waals surface area contributed by atoms with Crippen LogP contribution < -0.4 is 16.0 Å². The molecule has 2 heterocycles. The number of carbonyl (C=O) groups excluding carboxylic acids is 5. The zero-order chi connectivity index (χ0) is 39.3. The Bertz CT molecular complexity index is 1970. The number of hydrogen-bond donors (Lipinski definition) is 3. The van der Waals surface area contributed by atoms with Gasteiger partial charge in [0, 0.05) is 36.0 Å². The Morgan fingerprint density at radius 3 is 1.51 bits per heavy atom. The third kappa shape index (κ3) is 11.2. The number of para-hydroxylation sites is 2. The van der Waals surface area contributed by atoms with Gasteiger partial charge in [-0.15, -0.1) is 0 Å². The zero-order valence-electron chi connectivity index (χ0n) is 32.1. The maximum Gasteiger partial charge on any atom is 0.419 e. The molecule has 3 amide bonds. The molecule has 3 N–H and O–H groups in total. The summed E-state index contributed by atoms with van der Waals surface area (Å²) >= 11 is 0. The molecule has 0 aliphatic rings. The van der Waals surface area contributed by atoms with E-state index in [0.717, 1.165) is 0 Å². The van der Waals surface area contributed by atoms with Crippen LogP contribution in [0.2, 0.25) is 0 Å². The fourth-order valence-electron chi connectivity index (χ4n) is 5.57. The summed E-state index contributed by atoms with van der Waals surface area (Å²) in [6, 6.07) is 13.1. The van der Waals surface area contributed by atoms with Crippen molar-refractivity contribution in [3.05, 3.63) is 72.1 Å². The number of rotatable bonds is 9. The molecule has 2 aromatic heterocycles. The van der Waals surface area contributed by atoms with Gasteiger partial charge in [-0.25, -0.2) is 19.2 Å². The van der Waals surface area contributed by atoms with Crippen molar-refractivity contribution < 1.29 is 42.9 Å². The van der Waals surface area contributed by atoms with Crippen molar-refractivity contribution >= 4 is 52.1 Å². The number of nitrogens with zero attached hydrogens (tertiary/aromatic N) is 2. The fraction of sp³-hybridized carbons (Fsp3) is 0.462. The van der Waals surface area contributed by atoms with E-state index in [2.05, 4.69) is 16.0 Å². The van der Waals surface area contributed by atoms with Crippen LogP contribution >= 0.6 is 0 Å². The summed E-state index contributed by atoms with van der Waals surface area (Å²) in [5.41, 5.74) is -0.0682. The molecule has 286 valence electrons. The molecule has 2 aromatic carbocycles. The van der Waals surface area contributed by atoms with Gasteiger partial charge in [0.05, 0.1) is 17.6 Å². The second kappa shape index (κ2) is 16.0. The first-order valence-electron chi connectivity index (χ1n) is 17.5. The van der Waals surface area contributed by atoms with E-state index < -0.39 is 59.3 Å². The monoisotopic (exact) mass is 733 g/mol. The average molecular weight is 734 g/mol. The Hall–Kier alpha value is -5.53. The Balaban J connectivity index is 1.71. The van der Waals surface area contributed by atoms with Crippen molar-refractivity contribution in [2.24, 2.45) is 0 Å². The van der Waals surface area contributed by atoms with Crippen LogP contribution in [0.4, 0.5) is 19.2 Å². The van der Waals surface area contributed by atoms with E-state index in [9.17, 15) is 24.0 Å². The first-order chi connectivity index (χ1) is 24.6. The Morgan fingerprint density at radius 2 is 1.06 bits per heavy atom. The lowest BCUT2D eigenvalue weighted by molar-refractivity contribution is -0.124. The van der Waals surface area contributed by atoms with Crippen LogP contribution in [0.15, 0.2) is 60.9 Å². The van der Waals surface area contributed by atoms with E-state index in [1.165, 1.54) is 9.13 Å². The molecule has 2 atom stereocenters. The van der Waals surface area contributed by atoms with Crippen molar-refractivity contribution in [1.29, 1.82) is 0 Å². The molecule has 14 heteroatoms. The number of hydrogen-bond acceptors (Lipinski definition) is 9. The molecule has 0 bridgehead atoms. The van der Waals surface area contributed by atoms with E-state index in [1.807, 2.05) is 12.1 Å². The third-order valence-corrected chi connectivity index (χ3v) is 7.51. The number of ether oxygens (including phenoxy) is 4. The van der Waals surface area contributed by atoms with Gasteiger partial charge < -0.3 is 34.9 Å². The topological polar surface area (TPSA) is 168 Å². The van der Waals surface area contributed by atoms with Crippen molar-refractivity contribution in [3.63, 3.8) is 0 Å². The smallest absolute Gasteiger partial charge is 0.419 e. The van der Waals surface area contributed by atoms with E-state index >= 15 is 0 Å². The highest BCUT2D eigenvalue weighted by Crippen LogP contribution is 2.26. The number of nitrogens with one attached hydrogen (secondary N) is 3. The normalized spacial score (nSPS) is 13.2. The predicted octanol–water partition coefficient (Wildman–Crippen LogP) is 7.03. The summed E-state index contributed by atoms with van der Waals surface area (Å²) in [6.45, 7) is 17.4. The molecule has 0 aliphatic carbocycles. The molecule has 0 radical (unpaired) electrons. The minimum atomic E-state index is -1.24. The number of carbonyl (C=O) groups is 5. The summed E-state index contributed by atoms with van der Waals surface area (Å²) in [5.74, 6) is -0.664. The lowest BCUT2D eigenvalue weighted by Gasteiger charge is -2.26. The average Bonchev–Trinajstić information content (AvgIpc) is 3.57. The second-order valence-electron chi connectivity index (χ2n) is 15.6. The first-order valence-corrected chi connectivity index (χ1v) is 17.5. The number of alkyl carbamates (subject to hydrolysis) is 2. The summed E-state index contributed by atoms with van der Waals surface area (Å²) in [6.07, 6.45) is -0.748. The van der Waals surface area contributed by atoms with Gasteiger partial charge in [-0.05, 0) is 92.5 Å². The quantitative estimate of drug-likeness (QED) is 0.121. The number of aromatic nitrogens is 2. The van der Waals surface area contributed by atoms with Gasteiger partial charge in [-0.1, -0.05) is 36.4 Å². The van der Waals surface area contributed by atoms with Gasteiger partial charge in [-0.2, -0.15) is 0 Å². The first kappa shape index (κ1) is 40.2. The van der Waals surface area contributed by atoms with Gasteiger partial charge in [0.15, 0.2) is 0 Å². The minimum absolute atomic E-state index is 0.0258. The summed E-state index contributed by atoms with van der Waals surface area (Å²) in [7, 11) is 0. The maximum atomic E-state index is 14.2. The van der Waals surface area contributed by atoms with Crippen LogP contribution in [-0.4, -0.2) is 75.0 Å². The molecule has 0 saturated carbocycles. The predicted molar refractivity (Wildman–Crippen MR) is 200 cm³/mol. The molecule has 0 unspecified atom stereocenters. The number of amides is 3. The van der Waals surface area contributed by atoms with E-state index in [4.69, 9.17) is 18.9 Å². The van der Waals surface area contributed by atoms with Crippen molar-refractivity contribution in [2.75, 3.05) is 6.61 Å². The van der Waals surface area contributed by atoms with Crippen LogP contribution in [0.1, 0.15) is 80.4 Å². The molecular formula is C39H51N5O9. The Labute approximate surface area is 309 Å². The minimum Gasteiger partial charge on any atom is -0.450 e. The van der Waals surface area contributed by atoms with Crippen LogP contribution in [0, 0.1) is 0 Å². The fourth-order valence-corrected chi connectivity index (χ4v) is 5.57. The van der Waals surface area contributed by atoms with E-state index in [-0.39, 0.29) is 19.4 Å². The van der Waals surface area contributed by atoms with Crippen molar-refractivity contribution in [1.82, 2.24) is 25.1 Å². The SMILES string of the molecule is CCOC(=O)N[C@@H](Cc1cn(C(=O)OC(C)(C)C)c2ccccc12)NC(=O)[C@@H](Cc1cn(C(=O)OC(C)(C)C)c2ccccc12)NC(=O)OC(C)(C)C. The van der Waals surface area contributed by atoms with Gasteiger partial charge >= 0.3 is 24.4 Å². The Morgan fingerprint density at radius 1 is 0.604 bits per heavy atom. The third-order valence-electron chi connectivity index (χ3n) is 7.51. The summed E-state index contributed by atoms with van der Waals surface area (Å²) in [4.78, 5) is 66.5. The van der Waals surface area contributed by atoms with Crippen LogP contribution in [0.25, 0.3) is 21.8 Å². The molecule has 0 aliphatic heterocycles. The number of benzene rings is 2. The van der Waals surface area contributed by atoms with Crippen molar-refractivity contribution in [3.8, 4) is 0 Å². The van der Waals surface area contributed by atoms with Crippen molar-refractivity contribution in [2.45, 2.75) is 111 Å². The highest BCUT2D eigenvalue weighted by Gasteiger charge is 2.30. The molecule has 0 fully saturated rings. The van der Waals surface area contributed by atoms with E-state index in [1.54, 1.807) is 118 Å². The molecule has 14 nitrogen and oxygen atoms in total. The summed E-state index contributed by atoms with van der Waals surface area (Å²) in [5, 5.41) is 9.57. The Kier molecular flexibility index (Phi) is 12.2. The molecule has 0 spiro atoms. The molecule has 4 rings (SSSR count). The van der Waals surface area contributed by atoms with Crippen LogP contribution in [-0.2, 0) is 36.6 Å². The lowest BCUT2D eigenvalue weighted by Crippen LogP contribution is -2.56. The standard InChI is InChI=1S/C39H51N5O9/c1-11-50-33(46)42-31(21-25-23-44(36(49)53-39(8,9)10)30-19-15-13-17-27(25)30)41-32(45)28(40-34(47)51-37(2,3)4)20-24-22-43(35(48)52-38(5,6)7)29-18-14-12-16-26(24)29/h12-19,22-23,28,31H,11,20-21H2,1-10H3,(H,40,47)(H,41,45)(H,42,46)/t28-,31+/m1/s1. The van der Waals surface area contributed by atoms with E-state index in [0.29, 0.717) is 32.9 Å². The highest BCUT2D eigenvalue weighted by atomic mass is 16.6. The highest BCUT2D eigenvalue weighted by molar-refractivity contribution is 5.94. The molecule has 4 aromatic rings. The molecule has 0 saturated heterocycles. The second-order valence-corrected chi connectivity index (χ2v) is 15.6. The molecule has 53 heavy (non-hydrogen) atoms. The van der Waals surface area contributed by atoms with Gasteiger partial charge in [0.2, 0.25) is 5.91 Å². The zero-order valence-corrected chi connectivity index (χ0v) is 32.1. The van der Waals surface area contributed by atoms with Crippen LogP contribution in [0.5, 0.6) is 0 Å². The summed E-state index contributed by atoms with van der Waals surface area (Å²) < 4.78 is 24.6. The largest absolute Gasteiger partial charge is 0.450 e.